The molecular weight excluding hydrogens is 394 g/mol. The summed E-state index contributed by atoms with van der Waals surface area (Å²) < 4.78 is 40.9. The van der Waals surface area contributed by atoms with Gasteiger partial charge >= 0.3 is 11.9 Å². The third-order valence-corrected chi connectivity index (χ3v) is 3.50. The van der Waals surface area contributed by atoms with Gasteiger partial charge in [0.2, 0.25) is 5.88 Å². The van der Waals surface area contributed by atoms with E-state index in [0.717, 1.165) is 12.1 Å². The molecular formula is C18H16F2N2O7. The molecule has 3 N–H and O–H groups in total. The van der Waals surface area contributed by atoms with E-state index in [1.807, 2.05) is 0 Å². The van der Waals surface area contributed by atoms with Crippen LogP contribution in [0.3, 0.4) is 0 Å². The number of benzene rings is 1. The van der Waals surface area contributed by atoms with Gasteiger partial charge in [-0.25, -0.2) is 18.4 Å². The number of carbonyl (C=O) groups excluding carboxylic acids is 4. The van der Waals surface area contributed by atoms with Crippen molar-refractivity contribution in [3.63, 3.8) is 0 Å². The number of aryl methyl sites for hydroxylation is 1. The molecule has 0 atom stereocenters. The first-order valence-electron chi connectivity index (χ1n) is 8.17. The van der Waals surface area contributed by atoms with Crippen LogP contribution in [0.4, 0.5) is 14.7 Å². The maximum Gasteiger partial charge on any atom is 0.342 e. The van der Waals surface area contributed by atoms with Crippen LogP contribution in [0.15, 0.2) is 22.6 Å². The number of amides is 2. The Balaban J connectivity index is 2.12. The van der Waals surface area contributed by atoms with E-state index >= 15 is 0 Å². The lowest BCUT2D eigenvalue weighted by Crippen LogP contribution is -2.23. The first-order chi connectivity index (χ1) is 13.6. The molecule has 0 bridgehead atoms. The predicted octanol–water partition coefficient (Wildman–Crippen LogP) is 1.94. The summed E-state index contributed by atoms with van der Waals surface area (Å²) in [5.41, 5.74) is 4.15. The van der Waals surface area contributed by atoms with Crippen LogP contribution in [-0.2, 0) is 14.3 Å². The number of halogens is 2. The second-order valence-corrected chi connectivity index (χ2v) is 5.60. The van der Waals surface area contributed by atoms with E-state index < -0.39 is 59.0 Å². The quantitative estimate of drug-likeness (QED) is 0.665. The molecule has 2 aromatic rings. The third kappa shape index (κ3) is 5.15. The van der Waals surface area contributed by atoms with Crippen LogP contribution >= 0.6 is 0 Å². The zero-order chi connectivity index (χ0) is 21.7. The largest absolute Gasteiger partial charge is 0.462 e. The Morgan fingerprint density at radius 1 is 1.03 bits per heavy atom. The molecule has 0 fully saturated rings. The second kappa shape index (κ2) is 8.95. The average Bonchev–Trinajstić information content (AvgIpc) is 2.95. The van der Waals surface area contributed by atoms with Crippen molar-refractivity contribution in [1.82, 2.24) is 0 Å². The van der Waals surface area contributed by atoms with Gasteiger partial charge in [0.05, 0.1) is 12.2 Å². The molecule has 0 unspecified atom stereocenters. The summed E-state index contributed by atoms with van der Waals surface area (Å²) in [5, 5.41) is 2.14. The number of nitrogens with one attached hydrogen (secondary N) is 1. The predicted molar refractivity (Wildman–Crippen MR) is 93.2 cm³/mol. The highest BCUT2D eigenvalue weighted by molar-refractivity contribution is 6.10. The number of esters is 2. The van der Waals surface area contributed by atoms with Crippen LogP contribution in [0, 0.1) is 18.6 Å². The Kier molecular flexibility index (Phi) is 6.65. The molecule has 29 heavy (non-hydrogen) atoms. The number of rotatable bonds is 7. The van der Waals surface area contributed by atoms with E-state index in [2.05, 4.69) is 10.1 Å². The molecule has 11 heteroatoms. The second-order valence-electron chi connectivity index (χ2n) is 5.60. The van der Waals surface area contributed by atoms with Crippen molar-refractivity contribution in [2.45, 2.75) is 13.8 Å². The van der Waals surface area contributed by atoms with Crippen LogP contribution in [-0.4, -0.2) is 37.0 Å². The number of ether oxygens (including phenoxy) is 2. The lowest BCUT2D eigenvalue weighted by molar-refractivity contribution is -0.119. The highest BCUT2D eigenvalue weighted by atomic mass is 19.1. The number of nitrogens with two attached hydrogens (primary N) is 1. The van der Waals surface area contributed by atoms with Crippen molar-refractivity contribution in [2.75, 3.05) is 18.5 Å². The van der Waals surface area contributed by atoms with Crippen molar-refractivity contribution in [3.8, 4) is 0 Å². The van der Waals surface area contributed by atoms with Crippen molar-refractivity contribution >= 4 is 29.6 Å². The molecule has 0 spiro atoms. The van der Waals surface area contributed by atoms with E-state index in [0.29, 0.717) is 6.07 Å². The van der Waals surface area contributed by atoms with E-state index in [4.69, 9.17) is 14.9 Å². The lowest BCUT2D eigenvalue weighted by Gasteiger charge is -2.06. The number of furan rings is 1. The molecule has 0 saturated carbocycles. The lowest BCUT2D eigenvalue weighted by atomic mass is 10.1. The Morgan fingerprint density at radius 3 is 2.21 bits per heavy atom. The summed E-state index contributed by atoms with van der Waals surface area (Å²) in [4.78, 5) is 47.5. The highest BCUT2D eigenvalue weighted by Gasteiger charge is 2.29. The number of hydrogen-bond acceptors (Lipinski definition) is 7. The van der Waals surface area contributed by atoms with E-state index in [1.165, 1.54) is 6.92 Å². The minimum atomic E-state index is -1.16. The Morgan fingerprint density at radius 2 is 1.66 bits per heavy atom. The highest BCUT2D eigenvalue weighted by Crippen LogP contribution is 2.27. The van der Waals surface area contributed by atoms with Crippen LogP contribution in [0.2, 0.25) is 0 Å². The molecule has 154 valence electrons. The normalized spacial score (nSPS) is 10.3. The summed E-state index contributed by atoms with van der Waals surface area (Å²) in [5.74, 6) is -6.50. The van der Waals surface area contributed by atoms with E-state index in [1.54, 1.807) is 6.92 Å². The number of anilines is 1. The average molecular weight is 410 g/mol. The third-order valence-electron chi connectivity index (χ3n) is 3.50. The zero-order valence-corrected chi connectivity index (χ0v) is 15.3. The van der Waals surface area contributed by atoms with Crippen LogP contribution < -0.4 is 11.1 Å². The van der Waals surface area contributed by atoms with Crippen molar-refractivity contribution in [2.24, 2.45) is 5.73 Å². The van der Waals surface area contributed by atoms with Crippen LogP contribution in [0.5, 0.6) is 0 Å². The van der Waals surface area contributed by atoms with Gasteiger partial charge in [0.15, 0.2) is 6.61 Å². The van der Waals surface area contributed by atoms with Gasteiger partial charge in [-0.2, -0.15) is 0 Å². The number of primary amides is 1. The topological polar surface area (TPSA) is 138 Å². The molecule has 1 heterocycles. The van der Waals surface area contributed by atoms with E-state index in [9.17, 15) is 28.0 Å². The van der Waals surface area contributed by atoms with Gasteiger partial charge in [0, 0.05) is 6.07 Å². The van der Waals surface area contributed by atoms with Gasteiger partial charge < -0.3 is 19.6 Å². The molecule has 0 aliphatic rings. The van der Waals surface area contributed by atoms with Gasteiger partial charge in [-0.15, -0.1) is 0 Å². The minimum Gasteiger partial charge on any atom is -0.462 e. The summed E-state index contributed by atoms with van der Waals surface area (Å²) in [7, 11) is 0. The summed E-state index contributed by atoms with van der Waals surface area (Å²) >= 11 is 0. The molecule has 1 aromatic carbocycles. The first-order valence-corrected chi connectivity index (χ1v) is 8.17. The van der Waals surface area contributed by atoms with Gasteiger partial charge in [-0.05, 0) is 26.0 Å². The van der Waals surface area contributed by atoms with Crippen LogP contribution in [0.1, 0.15) is 43.8 Å². The molecule has 2 amide bonds. The van der Waals surface area contributed by atoms with Crippen molar-refractivity contribution in [3.05, 3.63) is 52.3 Å². The number of hydrogen-bond donors (Lipinski definition) is 2. The zero-order valence-electron chi connectivity index (χ0n) is 15.3. The summed E-state index contributed by atoms with van der Waals surface area (Å²) in [6.07, 6.45) is 0. The molecule has 1 aromatic heterocycles. The molecule has 0 saturated heterocycles. The van der Waals surface area contributed by atoms with Gasteiger partial charge in [0.1, 0.15) is 28.5 Å². The monoisotopic (exact) mass is 410 g/mol. The fourth-order valence-corrected chi connectivity index (χ4v) is 2.37. The fraction of sp³-hybridized carbons (Fsp3) is 0.222. The molecule has 0 radical (unpaired) electrons. The standard InChI is InChI=1S/C18H16F2N2O7/c1-3-27-18(26)13-8(2)29-16(14(13)15(21)24)22-12(23)7-28-17(25)9-4-10(19)6-11(20)5-9/h4-6H,3,7H2,1-2H3,(H2,21,24)(H,22,23). The summed E-state index contributed by atoms with van der Waals surface area (Å²) in [6.45, 7) is 2.06. The number of carbonyl (C=O) groups is 4. The summed E-state index contributed by atoms with van der Waals surface area (Å²) in [6, 6.07) is 2.03. The SMILES string of the molecule is CCOC(=O)c1c(C)oc(NC(=O)COC(=O)c2cc(F)cc(F)c2)c1C(N)=O. The van der Waals surface area contributed by atoms with E-state index in [-0.39, 0.29) is 17.9 Å². The van der Waals surface area contributed by atoms with Crippen LogP contribution in [0.25, 0.3) is 0 Å². The van der Waals surface area contributed by atoms with Crippen molar-refractivity contribution in [1.29, 1.82) is 0 Å². The first kappa shape index (κ1) is 21.5. The van der Waals surface area contributed by atoms with Crippen molar-refractivity contribution < 1.29 is 41.8 Å². The smallest absolute Gasteiger partial charge is 0.342 e. The fourth-order valence-electron chi connectivity index (χ4n) is 2.37. The van der Waals surface area contributed by atoms with Gasteiger partial charge in [-0.1, -0.05) is 0 Å². The Labute approximate surface area is 162 Å². The molecule has 0 aliphatic carbocycles. The Bertz CT molecular complexity index is 965. The van der Waals surface area contributed by atoms with Gasteiger partial charge in [0.25, 0.3) is 11.8 Å². The Hall–Kier alpha value is -3.76. The minimum absolute atomic E-state index is 0.0278. The van der Waals surface area contributed by atoms with Gasteiger partial charge in [-0.3, -0.25) is 14.9 Å². The maximum atomic E-state index is 13.1. The molecule has 2 rings (SSSR count). The maximum absolute atomic E-state index is 13.1. The molecule has 9 nitrogen and oxygen atoms in total. The molecule has 0 aliphatic heterocycles.